The lowest BCUT2D eigenvalue weighted by Crippen LogP contribution is -2.34. The molecule has 0 atom stereocenters. The van der Waals surface area contributed by atoms with Gasteiger partial charge >= 0.3 is 6.09 Å². The molecule has 3 heterocycles. The monoisotopic (exact) mass is 563 g/mol. The minimum Gasteiger partial charge on any atom is -0.492 e. The highest BCUT2D eigenvalue weighted by Gasteiger charge is 2.23. The van der Waals surface area contributed by atoms with Crippen LogP contribution in [-0.2, 0) is 24.8 Å². The zero-order valence-corrected chi connectivity index (χ0v) is 25.0. The number of aryl methyl sites for hydroxylation is 1. The molecule has 0 bridgehead atoms. The van der Waals surface area contributed by atoms with E-state index in [9.17, 15) is 14.0 Å². The molecular weight excluding hydrogens is 525 g/mol. The molecule has 218 valence electrons. The van der Waals surface area contributed by atoms with Gasteiger partial charge in [0.05, 0.1) is 25.0 Å². The van der Waals surface area contributed by atoms with Crippen molar-refractivity contribution in [2.75, 3.05) is 13.7 Å². The first-order valence-corrected chi connectivity index (χ1v) is 13.6. The van der Waals surface area contributed by atoms with Gasteiger partial charge in [0.1, 0.15) is 28.5 Å². The van der Waals surface area contributed by atoms with E-state index in [-0.39, 0.29) is 24.9 Å². The summed E-state index contributed by atoms with van der Waals surface area (Å²) >= 11 is 0. The molecule has 0 N–H and O–H groups in total. The molecule has 3 aromatic heterocycles. The molecule has 41 heavy (non-hydrogen) atoms. The van der Waals surface area contributed by atoms with Gasteiger partial charge in [-0.15, -0.1) is 0 Å². The molecule has 4 rings (SSSR count). The van der Waals surface area contributed by atoms with Crippen molar-refractivity contribution in [2.45, 2.75) is 60.1 Å². The molecule has 0 spiro atoms. The van der Waals surface area contributed by atoms with Crippen molar-refractivity contribution in [3.8, 4) is 16.9 Å². The fraction of sp³-hybridized carbons (Fsp3) is 0.419. The highest BCUT2D eigenvalue weighted by atomic mass is 19.1. The van der Waals surface area contributed by atoms with Crippen molar-refractivity contribution in [1.82, 2.24) is 24.1 Å². The zero-order chi connectivity index (χ0) is 30.1. The Morgan fingerprint density at radius 3 is 2.56 bits per heavy atom. The second-order valence-corrected chi connectivity index (χ2v) is 11.5. The number of aromatic nitrogens is 4. The number of benzene rings is 1. The molecule has 0 aliphatic heterocycles. The number of rotatable bonds is 9. The number of hydrogen-bond donors (Lipinski definition) is 0. The number of pyridine rings is 1. The molecule has 0 radical (unpaired) electrons. The largest absolute Gasteiger partial charge is 0.492 e. The Labute approximate surface area is 239 Å². The van der Waals surface area contributed by atoms with Crippen molar-refractivity contribution in [3.05, 3.63) is 71.2 Å². The molecule has 1 amide bonds. The molecule has 0 aliphatic rings. The Morgan fingerprint density at radius 1 is 1.15 bits per heavy atom. The third kappa shape index (κ3) is 6.75. The lowest BCUT2D eigenvalue weighted by atomic mass is 10.0. The van der Waals surface area contributed by atoms with Crippen LogP contribution in [0.1, 0.15) is 62.1 Å². The Hall–Kier alpha value is -4.21. The smallest absolute Gasteiger partial charge is 0.410 e. The van der Waals surface area contributed by atoms with Gasteiger partial charge in [-0.3, -0.25) is 9.48 Å². The summed E-state index contributed by atoms with van der Waals surface area (Å²) < 4.78 is 29.5. The molecule has 0 aliphatic carbocycles. The fourth-order valence-electron chi connectivity index (χ4n) is 4.49. The number of fused-ring (bicyclic) bond motifs is 1. The fourth-order valence-corrected chi connectivity index (χ4v) is 4.49. The lowest BCUT2D eigenvalue weighted by Gasteiger charge is -2.24. The van der Waals surface area contributed by atoms with E-state index in [0.717, 1.165) is 22.5 Å². The Bertz CT molecular complexity index is 1580. The van der Waals surface area contributed by atoms with Gasteiger partial charge in [0.25, 0.3) is 0 Å². The Balaban J connectivity index is 1.58. The van der Waals surface area contributed by atoms with Crippen LogP contribution in [0.3, 0.4) is 0 Å². The summed E-state index contributed by atoms with van der Waals surface area (Å²) in [6, 6.07) is 8.19. The molecule has 1 aromatic carbocycles. The van der Waals surface area contributed by atoms with Crippen molar-refractivity contribution in [2.24, 2.45) is 13.0 Å². The second kappa shape index (κ2) is 11.7. The van der Waals surface area contributed by atoms with Gasteiger partial charge in [0, 0.05) is 61.1 Å². The Morgan fingerprint density at radius 2 is 1.88 bits per heavy atom. The van der Waals surface area contributed by atoms with Gasteiger partial charge in [0.15, 0.2) is 5.78 Å². The number of hydrogen-bond acceptors (Lipinski definition) is 6. The van der Waals surface area contributed by atoms with Gasteiger partial charge in [-0.2, -0.15) is 5.10 Å². The third-order valence-corrected chi connectivity index (χ3v) is 6.77. The maximum absolute atomic E-state index is 14.3. The average Bonchev–Trinajstić information content (AvgIpc) is 3.42. The predicted octanol–water partition coefficient (Wildman–Crippen LogP) is 6.01. The summed E-state index contributed by atoms with van der Waals surface area (Å²) in [6.45, 7) is 11.6. The van der Waals surface area contributed by atoms with E-state index in [0.29, 0.717) is 29.1 Å². The van der Waals surface area contributed by atoms with Crippen LogP contribution in [0.2, 0.25) is 0 Å². The first-order chi connectivity index (χ1) is 19.2. The molecule has 4 aromatic rings. The van der Waals surface area contributed by atoms with E-state index >= 15 is 0 Å². The summed E-state index contributed by atoms with van der Waals surface area (Å²) in [7, 11) is 3.49. The van der Waals surface area contributed by atoms with Crippen LogP contribution in [0.15, 0.2) is 42.7 Å². The van der Waals surface area contributed by atoms with E-state index in [4.69, 9.17) is 9.47 Å². The summed E-state index contributed by atoms with van der Waals surface area (Å²) in [4.78, 5) is 31.2. The van der Waals surface area contributed by atoms with Crippen LogP contribution in [0, 0.1) is 18.7 Å². The van der Waals surface area contributed by atoms with Crippen LogP contribution in [0.4, 0.5) is 9.18 Å². The minimum absolute atomic E-state index is 0.0168. The number of imidazole rings is 1. The van der Waals surface area contributed by atoms with Gasteiger partial charge in [-0.25, -0.2) is 14.2 Å². The van der Waals surface area contributed by atoms with Crippen LogP contribution >= 0.6 is 0 Å². The van der Waals surface area contributed by atoms with Crippen LogP contribution < -0.4 is 4.74 Å². The lowest BCUT2D eigenvalue weighted by molar-refractivity contribution is 0.0282. The van der Waals surface area contributed by atoms with Crippen LogP contribution in [0.5, 0.6) is 5.75 Å². The number of ether oxygens (including phenoxy) is 2. The van der Waals surface area contributed by atoms with Crippen molar-refractivity contribution in [3.63, 3.8) is 0 Å². The number of Topliss-reactive ketones (excluding diaryl/α,β-unsaturated/α-hetero) is 1. The first kappa shape index (κ1) is 29.8. The maximum Gasteiger partial charge on any atom is 0.410 e. The summed E-state index contributed by atoms with van der Waals surface area (Å²) in [5.41, 5.74) is 4.58. The van der Waals surface area contributed by atoms with E-state index in [1.165, 1.54) is 17.0 Å². The molecule has 9 nitrogen and oxygen atoms in total. The zero-order valence-electron chi connectivity index (χ0n) is 25.0. The first-order valence-electron chi connectivity index (χ1n) is 13.6. The van der Waals surface area contributed by atoms with Crippen LogP contribution in [-0.4, -0.2) is 55.2 Å². The SMILES string of the molecule is Cc1c(CCOc2cc(F)ccc2-c2ccc3ncc(CN(C)C(=O)OC(C)(C)C)n3c2)c(C(=O)C(C)C)nn1C. The topological polar surface area (TPSA) is 91.0 Å². The number of amides is 1. The molecule has 0 saturated carbocycles. The van der Waals surface area contributed by atoms with E-state index < -0.39 is 17.5 Å². The van der Waals surface area contributed by atoms with Gasteiger partial charge in [-0.05, 0) is 52.0 Å². The number of carbonyl (C=O) groups excluding carboxylic acids is 2. The van der Waals surface area contributed by atoms with Gasteiger partial charge in [0.2, 0.25) is 0 Å². The molecule has 0 fully saturated rings. The standard InChI is InChI=1S/C31H38FN5O4/c1-19(2)29(38)28-24(20(3)36(8)34-28)13-14-40-26-15-22(32)10-11-25(26)21-9-12-27-33-16-23(37(27)17-21)18-35(7)30(39)41-31(4,5)6/h9-12,15-17,19H,13-14,18H2,1-8H3. The minimum atomic E-state index is -0.599. The normalized spacial score (nSPS) is 11.8. The van der Waals surface area contributed by atoms with Gasteiger partial charge in [-0.1, -0.05) is 13.8 Å². The maximum atomic E-state index is 14.3. The molecular formula is C31H38FN5O4. The molecule has 0 saturated heterocycles. The van der Waals surface area contributed by atoms with Crippen molar-refractivity contribution < 1.29 is 23.5 Å². The summed E-state index contributed by atoms with van der Waals surface area (Å²) in [5.74, 6) is -0.224. The van der Waals surface area contributed by atoms with E-state index in [2.05, 4.69) is 10.1 Å². The number of ketones is 1. The predicted molar refractivity (Wildman–Crippen MR) is 155 cm³/mol. The number of nitrogens with zero attached hydrogens (tertiary/aromatic N) is 5. The van der Waals surface area contributed by atoms with E-state index in [1.807, 2.05) is 71.3 Å². The molecule has 10 heteroatoms. The second-order valence-electron chi connectivity index (χ2n) is 11.5. The summed E-state index contributed by atoms with van der Waals surface area (Å²) in [6.07, 6.45) is 3.63. The van der Waals surface area contributed by atoms with Gasteiger partial charge < -0.3 is 18.8 Å². The van der Waals surface area contributed by atoms with Crippen molar-refractivity contribution in [1.29, 1.82) is 0 Å². The quantitative estimate of drug-likeness (QED) is 0.232. The van der Waals surface area contributed by atoms with E-state index in [1.54, 1.807) is 24.0 Å². The highest BCUT2D eigenvalue weighted by molar-refractivity contribution is 5.97. The number of carbonyl (C=O) groups is 2. The third-order valence-electron chi connectivity index (χ3n) is 6.77. The Kier molecular flexibility index (Phi) is 8.51. The number of halogens is 1. The van der Waals surface area contributed by atoms with Crippen LogP contribution in [0.25, 0.3) is 16.8 Å². The highest BCUT2D eigenvalue weighted by Crippen LogP contribution is 2.32. The molecule has 0 unspecified atom stereocenters. The van der Waals surface area contributed by atoms with Crippen molar-refractivity contribution >= 4 is 17.5 Å². The summed E-state index contributed by atoms with van der Waals surface area (Å²) in [5, 5.41) is 4.43. The average molecular weight is 564 g/mol.